The van der Waals surface area contributed by atoms with Crippen LogP contribution >= 0.6 is 0 Å². The molecule has 0 radical (unpaired) electrons. The van der Waals surface area contributed by atoms with E-state index >= 15 is 0 Å². The molecule has 4 nitrogen and oxygen atoms in total. The van der Waals surface area contributed by atoms with Crippen LogP contribution in [-0.2, 0) is 10.9 Å². The molecule has 0 unspecified atom stereocenters. The summed E-state index contributed by atoms with van der Waals surface area (Å²) >= 11 is 0. The molecular weight excluding hydrogens is 261 g/mol. The number of hydrogen-bond acceptors (Lipinski definition) is 3. The summed E-state index contributed by atoms with van der Waals surface area (Å²) in [6, 6.07) is 2.15. The number of methoxy groups -OCH3 is 1. The zero-order valence-corrected chi connectivity index (χ0v) is 10.6. The van der Waals surface area contributed by atoms with E-state index in [0.29, 0.717) is 11.5 Å². The summed E-state index contributed by atoms with van der Waals surface area (Å²) < 4.78 is 42.1. The van der Waals surface area contributed by atoms with Crippen molar-refractivity contribution in [3.63, 3.8) is 0 Å². The number of ether oxygens (including phenoxy) is 1. The Hall–Kier alpha value is -2.05. The first-order valence-electron chi connectivity index (χ1n) is 5.57. The molecule has 0 fully saturated rings. The van der Waals surface area contributed by atoms with E-state index in [1.165, 1.54) is 12.3 Å². The third kappa shape index (κ3) is 3.04. The SMILES string of the molecule is CC.COC(=O)c1cc(C(F)(F)F)nc2[nH]ccc12. The molecule has 1 N–H and O–H groups in total. The van der Waals surface area contributed by atoms with E-state index in [0.717, 1.165) is 7.11 Å². The Morgan fingerprint density at radius 1 is 1.37 bits per heavy atom. The van der Waals surface area contributed by atoms with Crippen molar-refractivity contribution in [2.75, 3.05) is 7.11 Å². The smallest absolute Gasteiger partial charge is 0.433 e. The van der Waals surface area contributed by atoms with E-state index in [9.17, 15) is 18.0 Å². The second kappa shape index (κ2) is 5.73. The molecule has 0 aromatic carbocycles. The minimum atomic E-state index is -4.61. The number of rotatable bonds is 1. The Balaban J connectivity index is 0.000000861. The lowest BCUT2D eigenvalue weighted by atomic mass is 10.1. The molecule has 0 saturated carbocycles. The van der Waals surface area contributed by atoms with Crippen LogP contribution in [0.3, 0.4) is 0 Å². The Labute approximate surface area is 107 Å². The van der Waals surface area contributed by atoms with E-state index in [4.69, 9.17) is 0 Å². The number of halogens is 3. The summed E-state index contributed by atoms with van der Waals surface area (Å²) in [5.74, 6) is -0.831. The van der Waals surface area contributed by atoms with Crippen LogP contribution in [0, 0.1) is 0 Å². The molecule has 2 rings (SSSR count). The molecule has 2 heterocycles. The summed E-state index contributed by atoms with van der Waals surface area (Å²) in [4.78, 5) is 17.3. The number of nitrogens with zero attached hydrogens (tertiary/aromatic N) is 1. The second-order valence-corrected chi connectivity index (χ2v) is 3.28. The van der Waals surface area contributed by atoms with E-state index in [1.807, 2.05) is 13.8 Å². The van der Waals surface area contributed by atoms with Crippen LogP contribution < -0.4 is 0 Å². The van der Waals surface area contributed by atoms with Gasteiger partial charge in [-0.15, -0.1) is 0 Å². The number of H-pyrrole nitrogens is 1. The van der Waals surface area contributed by atoms with Crippen LogP contribution in [0.2, 0.25) is 0 Å². The molecule has 0 aliphatic carbocycles. The van der Waals surface area contributed by atoms with Crippen molar-refractivity contribution < 1.29 is 22.7 Å². The molecule has 0 amide bonds. The number of aromatic amines is 1. The molecule has 2 aromatic rings. The standard InChI is InChI=1S/C10H7F3N2O2.C2H6/c1-17-9(16)6-4-7(10(11,12)13)15-8-5(6)2-3-14-8;1-2/h2-4H,1H3,(H,14,15);1-2H3. The van der Waals surface area contributed by atoms with E-state index < -0.39 is 17.8 Å². The van der Waals surface area contributed by atoms with Crippen LogP contribution in [0.25, 0.3) is 11.0 Å². The van der Waals surface area contributed by atoms with Gasteiger partial charge in [0.25, 0.3) is 0 Å². The van der Waals surface area contributed by atoms with Gasteiger partial charge in [-0.3, -0.25) is 0 Å². The summed E-state index contributed by atoms with van der Waals surface area (Å²) in [6.45, 7) is 4.00. The number of aromatic nitrogens is 2. The van der Waals surface area contributed by atoms with Crippen molar-refractivity contribution in [1.29, 1.82) is 0 Å². The minimum absolute atomic E-state index is 0.000208. The Bertz CT molecular complexity index is 576. The molecule has 0 aliphatic rings. The zero-order valence-electron chi connectivity index (χ0n) is 10.6. The normalized spacial score (nSPS) is 10.8. The average Bonchev–Trinajstić information content (AvgIpc) is 2.86. The van der Waals surface area contributed by atoms with Gasteiger partial charge in [-0.2, -0.15) is 13.2 Å². The third-order valence-corrected chi connectivity index (χ3v) is 2.22. The van der Waals surface area contributed by atoms with Gasteiger partial charge >= 0.3 is 12.1 Å². The number of fused-ring (bicyclic) bond motifs is 1. The maximum Gasteiger partial charge on any atom is 0.433 e. The quantitative estimate of drug-likeness (QED) is 0.811. The first kappa shape index (κ1) is 15.0. The molecule has 0 spiro atoms. The molecule has 104 valence electrons. The maximum absolute atomic E-state index is 12.5. The summed E-state index contributed by atoms with van der Waals surface area (Å²) in [7, 11) is 1.11. The molecule has 0 aliphatic heterocycles. The molecule has 2 aromatic heterocycles. The van der Waals surface area contributed by atoms with Crippen LogP contribution in [-0.4, -0.2) is 23.0 Å². The number of alkyl halides is 3. The molecule has 0 bridgehead atoms. The van der Waals surface area contributed by atoms with Crippen LogP contribution in [0.15, 0.2) is 18.3 Å². The highest BCUT2D eigenvalue weighted by molar-refractivity contribution is 6.02. The number of pyridine rings is 1. The van der Waals surface area contributed by atoms with Crippen molar-refractivity contribution in [1.82, 2.24) is 9.97 Å². The Kier molecular flexibility index (Phi) is 4.52. The van der Waals surface area contributed by atoms with E-state index in [1.54, 1.807) is 0 Å². The minimum Gasteiger partial charge on any atom is -0.465 e. The number of esters is 1. The highest BCUT2D eigenvalue weighted by Crippen LogP contribution is 2.30. The van der Waals surface area contributed by atoms with Crippen molar-refractivity contribution >= 4 is 17.0 Å². The van der Waals surface area contributed by atoms with Gasteiger partial charge in [0.05, 0.1) is 12.7 Å². The van der Waals surface area contributed by atoms with Crippen LogP contribution in [0.1, 0.15) is 29.9 Å². The van der Waals surface area contributed by atoms with Gasteiger partial charge in [0, 0.05) is 11.6 Å². The fraction of sp³-hybridized carbons (Fsp3) is 0.333. The van der Waals surface area contributed by atoms with Gasteiger partial charge in [-0.25, -0.2) is 9.78 Å². The average molecular weight is 274 g/mol. The van der Waals surface area contributed by atoms with Crippen LogP contribution in [0.5, 0.6) is 0 Å². The van der Waals surface area contributed by atoms with E-state index in [2.05, 4.69) is 14.7 Å². The van der Waals surface area contributed by atoms with Crippen molar-refractivity contribution in [2.45, 2.75) is 20.0 Å². The first-order valence-corrected chi connectivity index (χ1v) is 5.57. The van der Waals surface area contributed by atoms with Crippen LogP contribution in [0.4, 0.5) is 13.2 Å². The summed E-state index contributed by atoms with van der Waals surface area (Å²) in [5, 5.41) is 0.296. The second-order valence-electron chi connectivity index (χ2n) is 3.28. The predicted molar refractivity (Wildman–Crippen MR) is 63.8 cm³/mol. The Morgan fingerprint density at radius 2 is 2.00 bits per heavy atom. The number of carbonyl (C=O) groups is 1. The van der Waals surface area contributed by atoms with Gasteiger partial charge in [0.2, 0.25) is 0 Å². The van der Waals surface area contributed by atoms with Gasteiger partial charge in [-0.1, -0.05) is 13.8 Å². The molecular formula is C12H13F3N2O2. The molecule has 0 saturated heterocycles. The van der Waals surface area contributed by atoms with Gasteiger partial charge < -0.3 is 9.72 Å². The highest BCUT2D eigenvalue weighted by atomic mass is 19.4. The topological polar surface area (TPSA) is 55.0 Å². The van der Waals surface area contributed by atoms with Gasteiger partial charge in [0.1, 0.15) is 11.3 Å². The van der Waals surface area contributed by atoms with Crippen molar-refractivity contribution in [2.24, 2.45) is 0 Å². The number of carbonyl (C=O) groups excluding carboxylic acids is 1. The largest absolute Gasteiger partial charge is 0.465 e. The lowest BCUT2D eigenvalue weighted by molar-refractivity contribution is -0.141. The number of hydrogen-bond donors (Lipinski definition) is 1. The Morgan fingerprint density at radius 3 is 2.53 bits per heavy atom. The van der Waals surface area contributed by atoms with Gasteiger partial charge in [0.15, 0.2) is 0 Å². The fourth-order valence-corrected chi connectivity index (χ4v) is 1.46. The first-order chi connectivity index (χ1) is 8.93. The lowest BCUT2D eigenvalue weighted by Gasteiger charge is -2.08. The van der Waals surface area contributed by atoms with Crippen molar-refractivity contribution in [3.8, 4) is 0 Å². The predicted octanol–water partition coefficient (Wildman–Crippen LogP) is 3.39. The zero-order chi connectivity index (χ0) is 14.6. The fourth-order valence-electron chi connectivity index (χ4n) is 1.46. The molecule has 7 heteroatoms. The number of nitrogens with one attached hydrogen (secondary N) is 1. The highest BCUT2D eigenvalue weighted by Gasteiger charge is 2.34. The van der Waals surface area contributed by atoms with Gasteiger partial charge in [-0.05, 0) is 12.1 Å². The molecule has 0 atom stereocenters. The summed E-state index contributed by atoms with van der Waals surface area (Å²) in [6.07, 6.45) is -3.20. The molecule has 19 heavy (non-hydrogen) atoms. The summed E-state index contributed by atoms with van der Waals surface area (Å²) in [5.41, 5.74) is -1.29. The van der Waals surface area contributed by atoms with Crippen molar-refractivity contribution in [3.05, 3.63) is 29.6 Å². The monoisotopic (exact) mass is 274 g/mol. The third-order valence-electron chi connectivity index (χ3n) is 2.22. The van der Waals surface area contributed by atoms with E-state index in [-0.39, 0.29) is 11.2 Å². The maximum atomic E-state index is 12.5. The lowest BCUT2D eigenvalue weighted by Crippen LogP contribution is -2.11.